The van der Waals surface area contributed by atoms with E-state index in [0.29, 0.717) is 12.5 Å². The highest BCUT2D eigenvalue weighted by atomic mass is 127. The highest BCUT2D eigenvalue weighted by Gasteiger charge is 2.06. The molecule has 0 aliphatic heterocycles. The van der Waals surface area contributed by atoms with Gasteiger partial charge in [0.05, 0.1) is 23.9 Å². The number of hydrogen-bond acceptors (Lipinski definition) is 4. The first-order valence-electron chi connectivity index (χ1n) is 9.07. The van der Waals surface area contributed by atoms with Crippen LogP contribution in [-0.4, -0.2) is 37.7 Å². The van der Waals surface area contributed by atoms with Gasteiger partial charge in [-0.15, -0.1) is 35.3 Å². The topological polar surface area (TPSA) is 58.5 Å². The van der Waals surface area contributed by atoms with Crippen molar-refractivity contribution in [3.8, 4) is 0 Å². The van der Waals surface area contributed by atoms with Gasteiger partial charge in [-0.25, -0.2) is 4.98 Å². The van der Waals surface area contributed by atoms with Crippen molar-refractivity contribution >= 4 is 41.3 Å². The van der Waals surface area contributed by atoms with Gasteiger partial charge in [-0.05, 0) is 25.3 Å². The first-order chi connectivity index (χ1) is 12.6. The zero-order valence-corrected chi connectivity index (χ0v) is 19.8. The second-order valence-electron chi connectivity index (χ2n) is 6.48. The lowest BCUT2D eigenvalue weighted by Crippen LogP contribution is -2.40. The van der Waals surface area contributed by atoms with E-state index in [1.54, 1.807) is 18.4 Å². The van der Waals surface area contributed by atoms with E-state index in [1.807, 2.05) is 18.2 Å². The lowest BCUT2D eigenvalue weighted by atomic mass is 10.2. The molecule has 5 nitrogen and oxygen atoms in total. The number of guanidine groups is 1. The number of nitrogens with zero attached hydrogens (tertiary/aromatic N) is 2. The van der Waals surface area contributed by atoms with Crippen molar-refractivity contribution < 1.29 is 4.74 Å². The average molecular weight is 502 g/mol. The Labute approximate surface area is 184 Å². The summed E-state index contributed by atoms with van der Waals surface area (Å²) in [6.07, 6.45) is 0.912. The molecule has 150 valence electrons. The number of benzene rings is 1. The summed E-state index contributed by atoms with van der Waals surface area (Å²) in [7, 11) is 1.80. The summed E-state index contributed by atoms with van der Waals surface area (Å²) in [6.45, 7) is 9.37. The van der Waals surface area contributed by atoms with E-state index >= 15 is 0 Å². The monoisotopic (exact) mass is 502 g/mol. The standard InChI is InChI=1S/C20H30N4OS.HI/c1-15(13-25-14-18-8-6-5-7-9-18)12-23-20(21-4)22-11-10-19-24-16(2)17(3)26-19;/h5-9,15H,10-14H2,1-4H3,(H2,21,22,23);1H. The number of ether oxygens (including phenoxy) is 1. The number of aliphatic imine (C=N–C) groups is 1. The molecule has 0 fully saturated rings. The lowest BCUT2D eigenvalue weighted by molar-refractivity contribution is 0.0931. The van der Waals surface area contributed by atoms with Crippen molar-refractivity contribution in [3.63, 3.8) is 0 Å². The third-order valence-electron chi connectivity index (χ3n) is 4.06. The summed E-state index contributed by atoms with van der Waals surface area (Å²) in [4.78, 5) is 10.1. The van der Waals surface area contributed by atoms with Gasteiger partial charge in [0, 0.05) is 31.4 Å². The number of aryl methyl sites for hydroxylation is 2. The molecule has 0 aliphatic carbocycles. The predicted molar refractivity (Wildman–Crippen MR) is 125 cm³/mol. The molecule has 1 atom stereocenters. The van der Waals surface area contributed by atoms with Crippen LogP contribution in [0.5, 0.6) is 0 Å². The van der Waals surface area contributed by atoms with Gasteiger partial charge in [0.2, 0.25) is 0 Å². The van der Waals surface area contributed by atoms with Crippen LogP contribution >= 0.6 is 35.3 Å². The number of thiazole rings is 1. The van der Waals surface area contributed by atoms with E-state index in [2.05, 4.69) is 53.5 Å². The van der Waals surface area contributed by atoms with Gasteiger partial charge in [0.1, 0.15) is 0 Å². The summed E-state index contributed by atoms with van der Waals surface area (Å²) < 4.78 is 5.79. The Hall–Kier alpha value is -1.19. The first kappa shape index (κ1) is 23.8. The maximum absolute atomic E-state index is 5.79. The molecular weight excluding hydrogens is 471 g/mol. The number of halogens is 1. The molecule has 0 spiro atoms. The fourth-order valence-corrected chi connectivity index (χ4v) is 3.37. The molecule has 2 rings (SSSR count). The second kappa shape index (κ2) is 13.1. The zero-order chi connectivity index (χ0) is 18.8. The van der Waals surface area contributed by atoms with Crippen molar-refractivity contribution in [2.45, 2.75) is 33.8 Å². The van der Waals surface area contributed by atoms with Gasteiger partial charge >= 0.3 is 0 Å². The second-order valence-corrected chi connectivity index (χ2v) is 7.77. The highest BCUT2D eigenvalue weighted by Crippen LogP contribution is 2.16. The Morgan fingerprint density at radius 3 is 2.59 bits per heavy atom. The van der Waals surface area contributed by atoms with Gasteiger partial charge in [-0.1, -0.05) is 37.3 Å². The van der Waals surface area contributed by atoms with Crippen molar-refractivity contribution in [3.05, 3.63) is 51.5 Å². The van der Waals surface area contributed by atoms with Gasteiger partial charge in [-0.2, -0.15) is 0 Å². The molecule has 2 N–H and O–H groups in total. The Kier molecular flexibility index (Phi) is 11.5. The Balaban J connectivity index is 0.00000364. The quantitative estimate of drug-likeness (QED) is 0.310. The number of rotatable bonds is 9. The van der Waals surface area contributed by atoms with E-state index < -0.39 is 0 Å². The molecular formula is C20H31IN4OS. The van der Waals surface area contributed by atoms with Gasteiger partial charge in [0.25, 0.3) is 0 Å². The molecule has 0 saturated carbocycles. The number of hydrogen-bond donors (Lipinski definition) is 2. The largest absolute Gasteiger partial charge is 0.376 e. The molecule has 27 heavy (non-hydrogen) atoms. The van der Waals surface area contributed by atoms with Gasteiger partial charge in [-0.3, -0.25) is 4.99 Å². The summed E-state index contributed by atoms with van der Waals surface area (Å²) in [5, 5.41) is 7.88. The van der Waals surface area contributed by atoms with Crippen LogP contribution in [0.4, 0.5) is 0 Å². The fourth-order valence-electron chi connectivity index (χ4n) is 2.44. The third kappa shape index (κ3) is 9.03. The third-order valence-corrected chi connectivity index (χ3v) is 5.19. The van der Waals surface area contributed by atoms with Crippen molar-refractivity contribution in [1.29, 1.82) is 0 Å². The van der Waals surface area contributed by atoms with E-state index in [0.717, 1.165) is 37.8 Å². The van der Waals surface area contributed by atoms with Crippen molar-refractivity contribution in [1.82, 2.24) is 15.6 Å². The molecule has 0 aliphatic rings. The molecule has 1 unspecified atom stereocenters. The first-order valence-corrected chi connectivity index (χ1v) is 9.89. The maximum Gasteiger partial charge on any atom is 0.191 e. The predicted octanol–water partition coefficient (Wildman–Crippen LogP) is 3.94. The summed E-state index contributed by atoms with van der Waals surface area (Å²) in [6, 6.07) is 10.3. The Morgan fingerprint density at radius 2 is 1.96 bits per heavy atom. The van der Waals surface area contributed by atoms with Crippen LogP contribution in [0.3, 0.4) is 0 Å². The highest BCUT2D eigenvalue weighted by molar-refractivity contribution is 14.0. The van der Waals surface area contributed by atoms with Gasteiger partial charge < -0.3 is 15.4 Å². The van der Waals surface area contributed by atoms with Crippen LogP contribution in [-0.2, 0) is 17.8 Å². The van der Waals surface area contributed by atoms with Crippen LogP contribution in [0.15, 0.2) is 35.3 Å². The Bertz CT molecular complexity index is 671. The lowest BCUT2D eigenvalue weighted by Gasteiger charge is -2.16. The van der Waals surface area contributed by atoms with Crippen LogP contribution in [0, 0.1) is 19.8 Å². The Morgan fingerprint density at radius 1 is 1.22 bits per heavy atom. The summed E-state index contributed by atoms with van der Waals surface area (Å²) in [5.74, 6) is 1.23. The number of nitrogens with one attached hydrogen (secondary N) is 2. The van der Waals surface area contributed by atoms with E-state index in [1.165, 1.54) is 15.4 Å². The fraction of sp³-hybridized carbons (Fsp3) is 0.500. The van der Waals surface area contributed by atoms with Crippen LogP contribution in [0.1, 0.15) is 28.1 Å². The van der Waals surface area contributed by atoms with Crippen LogP contribution in [0.2, 0.25) is 0 Å². The van der Waals surface area contributed by atoms with E-state index in [9.17, 15) is 0 Å². The smallest absolute Gasteiger partial charge is 0.191 e. The summed E-state index contributed by atoms with van der Waals surface area (Å²) >= 11 is 1.77. The minimum absolute atomic E-state index is 0. The van der Waals surface area contributed by atoms with Crippen LogP contribution in [0.25, 0.3) is 0 Å². The molecule has 0 amide bonds. The van der Waals surface area contributed by atoms with E-state index in [4.69, 9.17) is 4.74 Å². The molecule has 0 saturated heterocycles. The van der Waals surface area contributed by atoms with Crippen LogP contribution < -0.4 is 10.6 Å². The molecule has 0 radical (unpaired) electrons. The normalized spacial score (nSPS) is 12.4. The van der Waals surface area contributed by atoms with Gasteiger partial charge in [0.15, 0.2) is 5.96 Å². The molecule has 0 bridgehead atoms. The minimum Gasteiger partial charge on any atom is -0.376 e. The molecule has 1 aromatic carbocycles. The van der Waals surface area contributed by atoms with Crippen molar-refractivity contribution in [2.24, 2.45) is 10.9 Å². The maximum atomic E-state index is 5.79. The molecule has 1 aromatic heterocycles. The van der Waals surface area contributed by atoms with E-state index in [-0.39, 0.29) is 24.0 Å². The molecule has 1 heterocycles. The van der Waals surface area contributed by atoms with Crippen molar-refractivity contribution in [2.75, 3.05) is 26.7 Å². The zero-order valence-electron chi connectivity index (χ0n) is 16.6. The molecule has 7 heteroatoms. The average Bonchev–Trinajstić information content (AvgIpc) is 2.96. The summed E-state index contributed by atoms with van der Waals surface area (Å²) in [5.41, 5.74) is 2.34. The minimum atomic E-state index is 0. The SMILES string of the molecule is CN=C(NCCc1nc(C)c(C)s1)NCC(C)COCc1ccccc1.I. The molecule has 2 aromatic rings. The number of aromatic nitrogens is 1.